The Morgan fingerprint density at radius 3 is 2.54 bits per heavy atom. The molecule has 0 heterocycles. The minimum Gasteiger partial charge on any atom is -0.465 e. The molecule has 0 unspecified atom stereocenters. The first kappa shape index (κ1) is 8.55. The summed E-state index contributed by atoms with van der Waals surface area (Å²) in [5.74, 6) is -0.310. The van der Waals surface area contributed by atoms with Gasteiger partial charge in [-0.2, -0.15) is 5.26 Å². The second-order valence-corrected chi connectivity index (χ2v) is 4.27. The lowest BCUT2D eigenvalue weighted by molar-refractivity contribution is -0.160. The Morgan fingerprint density at radius 2 is 2.15 bits per heavy atom. The number of rotatable bonds is 2. The summed E-state index contributed by atoms with van der Waals surface area (Å²) < 4.78 is 4.90. The maximum atomic E-state index is 11.4. The van der Waals surface area contributed by atoms with E-state index in [-0.39, 0.29) is 5.97 Å². The van der Waals surface area contributed by atoms with Gasteiger partial charge in [-0.1, -0.05) is 0 Å². The number of ether oxygens (including phenoxy) is 1. The van der Waals surface area contributed by atoms with Crippen LogP contribution in [0.15, 0.2) is 0 Å². The largest absolute Gasteiger partial charge is 0.465 e. The van der Waals surface area contributed by atoms with Crippen molar-refractivity contribution in [1.82, 2.24) is 0 Å². The molecule has 70 valence electrons. The van der Waals surface area contributed by atoms with E-state index in [0.29, 0.717) is 12.0 Å². The van der Waals surface area contributed by atoms with E-state index in [0.717, 1.165) is 12.8 Å². The van der Waals surface area contributed by atoms with Crippen LogP contribution in [0.25, 0.3) is 0 Å². The molecular formula is C10H13NO2. The highest BCUT2D eigenvalue weighted by Gasteiger charge is 2.65. The maximum absolute atomic E-state index is 11.4. The third kappa shape index (κ3) is 1.13. The third-order valence-electron chi connectivity index (χ3n) is 3.19. The number of hydrogen-bond donors (Lipinski definition) is 0. The van der Waals surface area contributed by atoms with Gasteiger partial charge in [0.2, 0.25) is 0 Å². The molecule has 0 aromatic carbocycles. The van der Waals surface area contributed by atoms with Crippen LogP contribution in [-0.4, -0.2) is 12.6 Å². The Balaban J connectivity index is 2.02. The average molecular weight is 179 g/mol. The summed E-state index contributed by atoms with van der Waals surface area (Å²) in [4.78, 5) is 11.4. The predicted octanol–water partition coefficient (Wildman–Crippen LogP) is 1.63. The second-order valence-electron chi connectivity index (χ2n) is 4.27. The zero-order chi connectivity index (χ0) is 9.53. The maximum Gasteiger partial charge on any atom is 0.326 e. The summed E-state index contributed by atoms with van der Waals surface area (Å²) in [6, 6.07) is 2.12. The average Bonchev–Trinajstić information content (AvgIpc) is 2.80. The van der Waals surface area contributed by atoms with Crippen LogP contribution in [0.4, 0.5) is 0 Å². The Kier molecular flexibility index (Phi) is 1.63. The van der Waals surface area contributed by atoms with Crippen LogP contribution in [0.3, 0.4) is 0 Å². The molecule has 2 rings (SSSR count). The number of esters is 1. The third-order valence-corrected chi connectivity index (χ3v) is 3.19. The molecule has 2 aliphatic carbocycles. The van der Waals surface area contributed by atoms with Gasteiger partial charge in [-0.15, -0.1) is 0 Å². The Morgan fingerprint density at radius 1 is 1.54 bits per heavy atom. The molecule has 0 aromatic heterocycles. The molecule has 3 nitrogen and oxygen atoms in total. The number of nitriles is 1. The van der Waals surface area contributed by atoms with Crippen LogP contribution in [0.2, 0.25) is 0 Å². The van der Waals surface area contributed by atoms with E-state index >= 15 is 0 Å². The van der Waals surface area contributed by atoms with Gasteiger partial charge in [-0.05, 0) is 38.0 Å². The standard InChI is InChI=1S/C10H13NO2/c1-2-13-8(12)10(7-11)5-9(6-10)3-4-9/h2-6H2,1H3. The molecule has 13 heavy (non-hydrogen) atoms. The molecule has 0 aliphatic heterocycles. The highest BCUT2D eigenvalue weighted by Crippen LogP contribution is 2.68. The van der Waals surface area contributed by atoms with Crippen molar-refractivity contribution in [3.63, 3.8) is 0 Å². The quantitative estimate of drug-likeness (QED) is 0.605. The van der Waals surface area contributed by atoms with Gasteiger partial charge in [-0.25, -0.2) is 0 Å². The summed E-state index contributed by atoms with van der Waals surface area (Å²) in [7, 11) is 0. The van der Waals surface area contributed by atoms with Gasteiger partial charge in [0, 0.05) is 0 Å². The van der Waals surface area contributed by atoms with Crippen molar-refractivity contribution in [2.24, 2.45) is 10.8 Å². The summed E-state index contributed by atoms with van der Waals surface area (Å²) in [5, 5.41) is 8.94. The summed E-state index contributed by atoms with van der Waals surface area (Å²) in [6.45, 7) is 2.14. The van der Waals surface area contributed by atoms with Gasteiger partial charge in [0.15, 0.2) is 5.41 Å². The number of carbonyl (C=O) groups is 1. The van der Waals surface area contributed by atoms with Crippen molar-refractivity contribution in [2.45, 2.75) is 32.6 Å². The first-order valence-electron chi connectivity index (χ1n) is 4.75. The number of hydrogen-bond acceptors (Lipinski definition) is 3. The molecule has 0 atom stereocenters. The zero-order valence-electron chi connectivity index (χ0n) is 7.80. The summed E-state index contributed by atoms with van der Waals surface area (Å²) >= 11 is 0. The molecule has 2 saturated carbocycles. The Bertz CT molecular complexity index is 278. The van der Waals surface area contributed by atoms with Crippen LogP contribution < -0.4 is 0 Å². The van der Waals surface area contributed by atoms with E-state index in [4.69, 9.17) is 10.00 Å². The normalized spacial score (nSPS) is 25.8. The monoisotopic (exact) mass is 179 g/mol. The molecule has 2 aliphatic rings. The van der Waals surface area contributed by atoms with Crippen molar-refractivity contribution in [2.75, 3.05) is 6.61 Å². The van der Waals surface area contributed by atoms with E-state index in [1.54, 1.807) is 6.92 Å². The lowest BCUT2D eigenvalue weighted by Crippen LogP contribution is -2.45. The second kappa shape index (κ2) is 2.47. The smallest absolute Gasteiger partial charge is 0.326 e. The van der Waals surface area contributed by atoms with Crippen LogP contribution >= 0.6 is 0 Å². The molecular weight excluding hydrogens is 166 g/mol. The molecule has 2 fully saturated rings. The van der Waals surface area contributed by atoms with E-state index in [1.165, 1.54) is 12.8 Å². The molecule has 0 aromatic rings. The van der Waals surface area contributed by atoms with Gasteiger partial charge in [0.05, 0.1) is 12.7 Å². The highest BCUT2D eigenvalue weighted by atomic mass is 16.5. The Labute approximate surface area is 77.7 Å². The van der Waals surface area contributed by atoms with Crippen molar-refractivity contribution >= 4 is 5.97 Å². The van der Waals surface area contributed by atoms with E-state index < -0.39 is 5.41 Å². The molecule has 0 amide bonds. The zero-order valence-corrected chi connectivity index (χ0v) is 7.80. The van der Waals surface area contributed by atoms with E-state index in [9.17, 15) is 4.79 Å². The van der Waals surface area contributed by atoms with E-state index in [2.05, 4.69) is 6.07 Å². The van der Waals surface area contributed by atoms with Gasteiger partial charge in [0.25, 0.3) is 0 Å². The molecule has 0 radical (unpaired) electrons. The van der Waals surface area contributed by atoms with Gasteiger partial charge < -0.3 is 4.74 Å². The fraction of sp³-hybridized carbons (Fsp3) is 0.800. The van der Waals surface area contributed by atoms with Crippen LogP contribution in [0.1, 0.15) is 32.6 Å². The number of carbonyl (C=O) groups excluding carboxylic acids is 1. The van der Waals surface area contributed by atoms with Crippen molar-refractivity contribution in [3.05, 3.63) is 0 Å². The fourth-order valence-electron chi connectivity index (χ4n) is 2.30. The van der Waals surface area contributed by atoms with Crippen molar-refractivity contribution in [3.8, 4) is 6.07 Å². The summed E-state index contributed by atoms with van der Waals surface area (Å²) in [5.41, 5.74) is -0.422. The summed E-state index contributed by atoms with van der Waals surface area (Å²) in [6.07, 6.45) is 3.84. The molecule has 0 saturated heterocycles. The minimum absolute atomic E-state index is 0.310. The van der Waals surface area contributed by atoms with E-state index in [1.807, 2.05) is 0 Å². The molecule has 3 heteroatoms. The van der Waals surface area contributed by atoms with Gasteiger partial charge >= 0.3 is 5.97 Å². The number of nitrogens with zero attached hydrogens (tertiary/aromatic N) is 1. The minimum atomic E-state index is -0.785. The van der Waals surface area contributed by atoms with Gasteiger partial charge in [-0.3, -0.25) is 4.79 Å². The molecule has 0 N–H and O–H groups in total. The van der Waals surface area contributed by atoms with Crippen LogP contribution in [0.5, 0.6) is 0 Å². The SMILES string of the molecule is CCOC(=O)C1(C#N)CC2(CC2)C1. The van der Waals surface area contributed by atoms with Gasteiger partial charge in [0.1, 0.15) is 0 Å². The molecule has 0 bridgehead atoms. The highest BCUT2D eigenvalue weighted by molar-refractivity contribution is 5.82. The topological polar surface area (TPSA) is 50.1 Å². The first-order chi connectivity index (χ1) is 6.16. The predicted molar refractivity (Wildman–Crippen MR) is 45.6 cm³/mol. The van der Waals surface area contributed by atoms with Crippen LogP contribution in [-0.2, 0) is 9.53 Å². The lowest BCUT2D eigenvalue weighted by Gasteiger charge is -2.40. The van der Waals surface area contributed by atoms with Crippen molar-refractivity contribution < 1.29 is 9.53 Å². The van der Waals surface area contributed by atoms with Crippen LogP contribution in [0, 0.1) is 22.2 Å². The first-order valence-corrected chi connectivity index (χ1v) is 4.75. The lowest BCUT2D eigenvalue weighted by atomic mass is 9.60. The fourth-order valence-corrected chi connectivity index (χ4v) is 2.30. The van der Waals surface area contributed by atoms with Crippen molar-refractivity contribution in [1.29, 1.82) is 5.26 Å². The molecule has 1 spiro atoms. The Hall–Kier alpha value is -1.04.